The van der Waals surface area contributed by atoms with Crippen molar-refractivity contribution in [2.45, 2.75) is 93.7 Å². The van der Waals surface area contributed by atoms with Crippen molar-refractivity contribution in [3.63, 3.8) is 0 Å². The van der Waals surface area contributed by atoms with E-state index < -0.39 is 0 Å². The zero-order valence-electron chi connectivity index (χ0n) is 19.6. The molecular weight excluding hydrogens is 362 g/mol. The maximum Gasteiger partial charge on any atom is 0.0512 e. The molecule has 0 radical (unpaired) electrons. The Morgan fingerprint density at radius 2 is 1.27 bits per heavy atom. The highest BCUT2D eigenvalue weighted by molar-refractivity contribution is 7.80. The second kappa shape index (κ2) is 40.1. The van der Waals surface area contributed by atoms with E-state index in [0.29, 0.717) is 6.04 Å². The summed E-state index contributed by atoms with van der Waals surface area (Å²) in [5.74, 6) is 0.944. The van der Waals surface area contributed by atoms with Gasteiger partial charge in [0.25, 0.3) is 0 Å². The number of rotatable bonds is 5. The fourth-order valence-corrected chi connectivity index (χ4v) is 0.851. The van der Waals surface area contributed by atoms with E-state index in [2.05, 4.69) is 71.4 Å². The van der Waals surface area contributed by atoms with Gasteiger partial charge in [-0.3, -0.25) is 0 Å². The Labute approximate surface area is 178 Å². The Morgan fingerprint density at radius 3 is 1.31 bits per heavy atom. The molecule has 0 aromatic heterocycles. The minimum absolute atomic E-state index is 0.0972. The Balaban J connectivity index is -0.0000000493. The number of aliphatic hydroxyl groups excluding tert-OH is 2. The minimum Gasteiger partial charge on any atom is -0.396 e. The Morgan fingerprint density at radius 1 is 0.962 bits per heavy atom. The Hall–Kier alpha value is 0.320. The van der Waals surface area contributed by atoms with Crippen molar-refractivity contribution in [3.05, 3.63) is 13.2 Å². The van der Waals surface area contributed by atoms with Crippen molar-refractivity contribution >= 4 is 25.3 Å². The molecule has 0 heterocycles. The molecule has 0 aliphatic heterocycles. The summed E-state index contributed by atoms with van der Waals surface area (Å²) >= 11 is 7.32. The molecule has 0 aliphatic carbocycles. The van der Waals surface area contributed by atoms with Gasteiger partial charge < -0.3 is 15.5 Å². The normalized spacial score (nSPS) is 9.96. The number of thiol groups is 2. The van der Waals surface area contributed by atoms with Gasteiger partial charge in [-0.15, -0.1) is 13.2 Å². The van der Waals surface area contributed by atoms with Gasteiger partial charge in [-0.05, 0) is 43.7 Å². The first kappa shape index (κ1) is 40.9. The smallest absolute Gasteiger partial charge is 0.0512 e. The van der Waals surface area contributed by atoms with Crippen molar-refractivity contribution in [2.24, 2.45) is 5.41 Å². The van der Waals surface area contributed by atoms with Gasteiger partial charge in [0.2, 0.25) is 0 Å². The lowest BCUT2D eigenvalue weighted by atomic mass is 9.99. The molecule has 0 aliphatic rings. The summed E-state index contributed by atoms with van der Waals surface area (Å²) in [5, 5.41) is 20.3. The zero-order chi connectivity index (χ0) is 22.6. The molecule has 0 bridgehead atoms. The highest BCUT2D eigenvalue weighted by Crippen LogP contribution is 2.09. The van der Waals surface area contributed by atoms with Crippen LogP contribution in [0.2, 0.25) is 0 Å². The Kier molecular flexibility index (Phi) is 63.1. The highest BCUT2D eigenvalue weighted by Gasteiger charge is 2.05. The lowest BCUT2D eigenvalue weighted by Gasteiger charge is -2.11. The van der Waals surface area contributed by atoms with Crippen molar-refractivity contribution in [2.75, 3.05) is 25.2 Å². The molecule has 0 saturated carbocycles. The van der Waals surface area contributed by atoms with E-state index in [1.54, 1.807) is 6.26 Å². The third-order valence-corrected chi connectivity index (χ3v) is 1.98. The number of nitrogens with one attached hydrogen (secondary N) is 1. The van der Waals surface area contributed by atoms with E-state index in [9.17, 15) is 0 Å². The lowest BCUT2D eigenvalue weighted by molar-refractivity contribution is 0.177. The number of hydrogen-bond donors (Lipinski definition) is 5. The summed E-state index contributed by atoms with van der Waals surface area (Å²) in [4.78, 5) is 0. The fourth-order valence-electron chi connectivity index (χ4n) is 0.851. The average Bonchev–Trinajstić information content (AvgIpc) is 2.57. The maximum atomic E-state index is 8.55. The van der Waals surface area contributed by atoms with Gasteiger partial charge in [0.1, 0.15) is 0 Å². The van der Waals surface area contributed by atoms with E-state index in [4.69, 9.17) is 10.2 Å². The highest BCUT2D eigenvalue weighted by atomic mass is 32.1. The predicted molar refractivity (Wildman–Crippen MR) is 132 cm³/mol. The van der Waals surface area contributed by atoms with Gasteiger partial charge in [-0.2, -0.15) is 25.3 Å². The molecule has 0 aromatic rings. The predicted octanol–water partition coefficient (Wildman–Crippen LogP) is 5.87. The summed E-state index contributed by atoms with van der Waals surface area (Å²) < 4.78 is 0. The maximum absolute atomic E-state index is 8.55. The molecule has 3 nitrogen and oxygen atoms in total. The van der Waals surface area contributed by atoms with Gasteiger partial charge in [0, 0.05) is 12.6 Å². The van der Waals surface area contributed by atoms with E-state index in [1.165, 1.54) is 6.42 Å². The summed E-state index contributed by atoms with van der Waals surface area (Å²) in [6.45, 7) is 25.8. The van der Waals surface area contributed by atoms with Crippen LogP contribution in [0, 0.1) is 5.41 Å². The molecule has 0 saturated heterocycles. The van der Waals surface area contributed by atoms with Gasteiger partial charge in [-0.25, -0.2) is 0 Å². The van der Waals surface area contributed by atoms with Gasteiger partial charge in [0.05, 0.1) is 6.10 Å². The van der Waals surface area contributed by atoms with Crippen LogP contribution in [-0.4, -0.2) is 47.5 Å². The summed E-state index contributed by atoms with van der Waals surface area (Å²) in [7, 11) is 0. The second-order valence-electron chi connectivity index (χ2n) is 6.78. The standard InChI is InChI=1S/C6H15N.2C5H12O.C2H6S.C2H4.CH4S/c1-4-5-7-6(2)3;1-5(2,3)4-6;1-3-4-5(2)6;1-2-3;2*1-2/h6-7H,4-5H2,1-3H3;6H,4H2,1-3H3;5-6H,3-4H2,1-2H3;3H,2H2,1H3;1-2H2;2H,1H3. The van der Waals surface area contributed by atoms with Crippen molar-refractivity contribution < 1.29 is 10.2 Å². The summed E-state index contributed by atoms with van der Waals surface area (Å²) in [6, 6.07) is 0.653. The quantitative estimate of drug-likeness (QED) is 0.288. The van der Waals surface area contributed by atoms with Crippen LogP contribution in [0.1, 0.15) is 81.6 Å². The molecule has 3 N–H and O–H groups in total. The molecule has 0 aromatic carbocycles. The molecule has 26 heavy (non-hydrogen) atoms. The largest absolute Gasteiger partial charge is 0.396 e. The topological polar surface area (TPSA) is 52.5 Å². The van der Waals surface area contributed by atoms with E-state index in [-0.39, 0.29) is 18.1 Å². The summed E-state index contributed by atoms with van der Waals surface area (Å²) in [5.41, 5.74) is 0.0972. The van der Waals surface area contributed by atoms with Crippen LogP contribution in [-0.2, 0) is 0 Å². The third-order valence-electron chi connectivity index (χ3n) is 1.98. The van der Waals surface area contributed by atoms with Crippen molar-refractivity contribution in [1.82, 2.24) is 5.32 Å². The fraction of sp³-hybridized carbons (Fsp3) is 0.905. The molecule has 166 valence electrons. The van der Waals surface area contributed by atoms with Gasteiger partial charge in [0.15, 0.2) is 0 Å². The van der Waals surface area contributed by atoms with Crippen LogP contribution in [0.3, 0.4) is 0 Å². The minimum atomic E-state index is -0.102. The molecule has 0 rings (SSSR count). The molecular formula is C21H53NO2S2. The van der Waals surface area contributed by atoms with Gasteiger partial charge in [-0.1, -0.05) is 61.8 Å². The second-order valence-corrected chi connectivity index (χ2v) is 7.41. The zero-order valence-corrected chi connectivity index (χ0v) is 21.4. The van der Waals surface area contributed by atoms with E-state index in [0.717, 1.165) is 25.1 Å². The first-order valence-electron chi connectivity index (χ1n) is 9.60. The van der Waals surface area contributed by atoms with Crippen molar-refractivity contribution in [3.8, 4) is 0 Å². The van der Waals surface area contributed by atoms with Crippen LogP contribution >= 0.6 is 25.3 Å². The summed E-state index contributed by atoms with van der Waals surface area (Å²) in [6.07, 6.45) is 4.84. The molecule has 1 unspecified atom stereocenters. The van der Waals surface area contributed by atoms with Crippen LogP contribution in [0.15, 0.2) is 13.2 Å². The SMILES string of the molecule is C=C.CC(C)(C)CO.CCCC(C)O.CCCNC(C)C.CCS.CS. The van der Waals surface area contributed by atoms with Crippen molar-refractivity contribution in [1.29, 1.82) is 0 Å². The molecule has 0 fully saturated rings. The number of hydrogen-bond acceptors (Lipinski definition) is 5. The van der Waals surface area contributed by atoms with Crippen LogP contribution in [0.4, 0.5) is 0 Å². The van der Waals surface area contributed by atoms with Crippen LogP contribution < -0.4 is 5.32 Å². The average molecular weight is 416 g/mol. The molecule has 5 heteroatoms. The van der Waals surface area contributed by atoms with Crippen LogP contribution in [0.25, 0.3) is 0 Å². The van der Waals surface area contributed by atoms with E-state index >= 15 is 0 Å². The van der Waals surface area contributed by atoms with Crippen LogP contribution in [0.5, 0.6) is 0 Å². The molecule has 1 atom stereocenters. The molecule has 0 spiro atoms. The first-order valence-corrected chi connectivity index (χ1v) is 11.1. The van der Waals surface area contributed by atoms with E-state index in [1.807, 2.05) is 34.6 Å². The monoisotopic (exact) mass is 415 g/mol. The third kappa shape index (κ3) is 124. The van der Waals surface area contributed by atoms with Gasteiger partial charge >= 0.3 is 0 Å². The first-order chi connectivity index (χ1) is 12.0. The number of aliphatic hydroxyl groups is 2. The molecule has 0 amide bonds. The lowest BCUT2D eigenvalue weighted by Crippen LogP contribution is -2.22. The Bertz CT molecular complexity index is 185.